The molecule has 0 aliphatic carbocycles. The van der Waals surface area contributed by atoms with Gasteiger partial charge < -0.3 is 9.52 Å². The van der Waals surface area contributed by atoms with Gasteiger partial charge in [0.2, 0.25) is 0 Å². The molecule has 7 heteroatoms. The zero-order chi connectivity index (χ0) is 20.5. The van der Waals surface area contributed by atoms with Crippen LogP contribution in [0.15, 0.2) is 75.8 Å². The summed E-state index contributed by atoms with van der Waals surface area (Å²) in [5.41, 5.74) is 2.38. The molecule has 2 aromatic carbocycles. The van der Waals surface area contributed by atoms with E-state index in [1.807, 2.05) is 30.3 Å². The third-order valence-electron chi connectivity index (χ3n) is 4.46. The Bertz CT molecular complexity index is 1180. The third kappa shape index (κ3) is 3.58. The Balaban J connectivity index is 1.61. The van der Waals surface area contributed by atoms with Crippen molar-refractivity contribution in [2.24, 2.45) is 5.10 Å². The van der Waals surface area contributed by atoms with Crippen molar-refractivity contribution >= 4 is 41.0 Å². The number of carbonyl (C=O) groups is 2. The summed E-state index contributed by atoms with van der Waals surface area (Å²) in [6.45, 7) is 1.76. The minimum Gasteiger partial charge on any atom is -0.478 e. The molecule has 1 aliphatic rings. The van der Waals surface area contributed by atoms with Crippen molar-refractivity contribution in [3.05, 3.63) is 82.6 Å². The van der Waals surface area contributed by atoms with Crippen molar-refractivity contribution < 1.29 is 19.1 Å². The number of furan rings is 1. The molecule has 0 spiro atoms. The van der Waals surface area contributed by atoms with Crippen LogP contribution in [-0.4, -0.2) is 22.7 Å². The second kappa shape index (κ2) is 7.41. The van der Waals surface area contributed by atoms with E-state index < -0.39 is 5.97 Å². The lowest BCUT2D eigenvalue weighted by Gasteiger charge is -2.10. The first-order chi connectivity index (χ1) is 13.9. The number of carboxylic acids is 1. The molecule has 0 bridgehead atoms. The van der Waals surface area contributed by atoms with Gasteiger partial charge in [0.15, 0.2) is 0 Å². The highest BCUT2D eigenvalue weighted by molar-refractivity contribution is 6.34. The maximum Gasteiger partial charge on any atom is 0.337 e. The van der Waals surface area contributed by atoms with Crippen molar-refractivity contribution in [1.29, 1.82) is 0 Å². The van der Waals surface area contributed by atoms with Crippen LogP contribution in [0.3, 0.4) is 0 Å². The number of anilines is 1. The maximum absolute atomic E-state index is 12.8. The molecule has 1 amide bonds. The number of carbonyl (C=O) groups excluding carboxylic acids is 1. The lowest BCUT2D eigenvalue weighted by molar-refractivity contribution is -0.114. The number of amides is 1. The minimum atomic E-state index is -1.09. The fraction of sp³-hybridized carbons (Fsp3) is 0.0455. The predicted octanol–water partition coefficient (Wildman–Crippen LogP) is 5.10. The topological polar surface area (TPSA) is 83.1 Å². The molecule has 0 saturated heterocycles. The molecular weight excluding hydrogens is 392 g/mol. The number of hydrogen-bond donors (Lipinski definition) is 1. The largest absolute Gasteiger partial charge is 0.478 e. The van der Waals surface area contributed by atoms with Gasteiger partial charge in [0.05, 0.1) is 27.6 Å². The molecule has 29 heavy (non-hydrogen) atoms. The standard InChI is InChI=1S/C22H15ClN2O4/c1-13-18(21(26)25(24-13)15-5-3-2-4-6-15)12-16-8-10-20(29-16)14-7-9-17(22(27)28)19(23)11-14/h2-12H,1H3,(H,27,28). The molecular formula is C22H15ClN2O4. The molecule has 0 radical (unpaired) electrons. The predicted molar refractivity (Wildman–Crippen MR) is 111 cm³/mol. The molecule has 1 aliphatic heterocycles. The zero-order valence-electron chi connectivity index (χ0n) is 15.3. The lowest BCUT2D eigenvalue weighted by atomic mass is 10.1. The van der Waals surface area contributed by atoms with Crippen LogP contribution >= 0.6 is 11.6 Å². The van der Waals surface area contributed by atoms with E-state index in [9.17, 15) is 9.59 Å². The van der Waals surface area contributed by atoms with E-state index in [1.165, 1.54) is 17.1 Å². The first-order valence-corrected chi connectivity index (χ1v) is 9.11. The van der Waals surface area contributed by atoms with Gasteiger partial charge in [0.25, 0.3) is 5.91 Å². The van der Waals surface area contributed by atoms with Gasteiger partial charge in [-0.3, -0.25) is 4.79 Å². The number of para-hydroxylation sites is 1. The highest BCUT2D eigenvalue weighted by Crippen LogP contribution is 2.29. The van der Waals surface area contributed by atoms with Gasteiger partial charge in [-0.05, 0) is 49.4 Å². The van der Waals surface area contributed by atoms with Crippen molar-refractivity contribution in [2.75, 3.05) is 5.01 Å². The first kappa shape index (κ1) is 18.7. The molecule has 1 N–H and O–H groups in total. The second-order valence-corrected chi connectivity index (χ2v) is 6.80. The van der Waals surface area contributed by atoms with E-state index in [1.54, 1.807) is 31.2 Å². The van der Waals surface area contributed by atoms with Crippen LogP contribution in [0.1, 0.15) is 23.0 Å². The van der Waals surface area contributed by atoms with Gasteiger partial charge in [0.1, 0.15) is 11.5 Å². The van der Waals surface area contributed by atoms with E-state index in [4.69, 9.17) is 21.1 Å². The SMILES string of the molecule is CC1=NN(c2ccccc2)C(=O)C1=Cc1ccc(-c2ccc(C(=O)O)c(Cl)c2)o1. The number of halogens is 1. The monoisotopic (exact) mass is 406 g/mol. The Hall–Kier alpha value is -3.64. The van der Waals surface area contributed by atoms with E-state index in [0.29, 0.717) is 34.1 Å². The molecule has 6 nitrogen and oxygen atoms in total. The third-order valence-corrected chi connectivity index (χ3v) is 4.77. The van der Waals surface area contributed by atoms with Crippen LogP contribution in [0.4, 0.5) is 5.69 Å². The minimum absolute atomic E-state index is 0.0220. The number of nitrogens with zero attached hydrogens (tertiary/aromatic N) is 2. The van der Waals surface area contributed by atoms with Crippen LogP contribution in [-0.2, 0) is 4.79 Å². The highest BCUT2D eigenvalue weighted by Gasteiger charge is 2.28. The highest BCUT2D eigenvalue weighted by atomic mass is 35.5. The summed E-state index contributed by atoms with van der Waals surface area (Å²) in [6.07, 6.45) is 1.64. The van der Waals surface area contributed by atoms with Gasteiger partial charge in [0, 0.05) is 5.56 Å². The molecule has 4 rings (SSSR count). The summed E-state index contributed by atoms with van der Waals surface area (Å²) in [7, 11) is 0. The Labute approximate surface area is 171 Å². The van der Waals surface area contributed by atoms with Crippen molar-refractivity contribution in [2.45, 2.75) is 6.92 Å². The van der Waals surface area contributed by atoms with E-state index >= 15 is 0 Å². The summed E-state index contributed by atoms with van der Waals surface area (Å²) in [5.74, 6) is -0.341. The maximum atomic E-state index is 12.8. The van der Waals surface area contributed by atoms with E-state index in [0.717, 1.165) is 0 Å². The quantitative estimate of drug-likeness (QED) is 0.610. The number of hydrazone groups is 1. The number of carboxylic acid groups (broad SMARTS) is 1. The second-order valence-electron chi connectivity index (χ2n) is 6.40. The van der Waals surface area contributed by atoms with Gasteiger partial charge >= 0.3 is 5.97 Å². The molecule has 3 aromatic rings. The normalized spacial score (nSPS) is 15.1. The Morgan fingerprint density at radius 1 is 1.14 bits per heavy atom. The molecule has 2 heterocycles. The molecule has 1 aromatic heterocycles. The number of aromatic carboxylic acids is 1. The number of rotatable bonds is 4. The zero-order valence-corrected chi connectivity index (χ0v) is 16.1. The van der Waals surface area contributed by atoms with Crippen molar-refractivity contribution in [3.8, 4) is 11.3 Å². The van der Waals surface area contributed by atoms with Crippen molar-refractivity contribution in [1.82, 2.24) is 0 Å². The van der Waals surface area contributed by atoms with Gasteiger partial charge in [-0.15, -0.1) is 0 Å². The summed E-state index contributed by atoms with van der Waals surface area (Å²) >= 11 is 6.03. The molecule has 0 fully saturated rings. The van der Waals surface area contributed by atoms with Crippen molar-refractivity contribution in [3.63, 3.8) is 0 Å². The molecule has 0 saturated carbocycles. The van der Waals surface area contributed by atoms with Crippen LogP contribution in [0.5, 0.6) is 0 Å². The Kier molecular flexibility index (Phi) is 4.78. The number of hydrogen-bond acceptors (Lipinski definition) is 4. The van der Waals surface area contributed by atoms with E-state index in [2.05, 4.69) is 5.10 Å². The lowest BCUT2D eigenvalue weighted by Crippen LogP contribution is -2.21. The van der Waals surface area contributed by atoms with Crippen LogP contribution in [0, 0.1) is 0 Å². The van der Waals surface area contributed by atoms with Crippen LogP contribution in [0.25, 0.3) is 17.4 Å². The summed E-state index contributed by atoms with van der Waals surface area (Å²) in [5, 5.41) is 14.9. The van der Waals surface area contributed by atoms with Gasteiger partial charge in [-0.25, -0.2) is 4.79 Å². The average molecular weight is 407 g/mol. The van der Waals surface area contributed by atoms with Crippen LogP contribution in [0.2, 0.25) is 5.02 Å². The molecule has 0 atom stereocenters. The summed E-state index contributed by atoms with van der Waals surface area (Å²) in [6, 6.07) is 17.2. The fourth-order valence-corrected chi connectivity index (χ4v) is 3.26. The van der Waals surface area contributed by atoms with Gasteiger partial charge in [-0.1, -0.05) is 35.9 Å². The Morgan fingerprint density at radius 3 is 2.59 bits per heavy atom. The van der Waals surface area contributed by atoms with Gasteiger partial charge in [-0.2, -0.15) is 10.1 Å². The van der Waals surface area contributed by atoms with Crippen LogP contribution < -0.4 is 5.01 Å². The van der Waals surface area contributed by atoms with E-state index in [-0.39, 0.29) is 16.5 Å². The summed E-state index contributed by atoms with van der Waals surface area (Å²) in [4.78, 5) is 23.9. The smallest absolute Gasteiger partial charge is 0.337 e. The fourth-order valence-electron chi connectivity index (χ4n) is 3.00. The number of benzene rings is 2. The Morgan fingerprint density at radius 2 is 1.90 bits per heavy atom. The summed E-state index contributed by atoms with van der Waals surface area (Å²) < 4.78 is 5.82. The first-order valence-electron chi connectivity index (χ1n) is 8.74. The molecule has 144 valence electrons. The average Bonchev–Trinajstić information content (AvgIpc) is 3.28. The molecule has 0 unspecified atom stereocenters.